The third kappa shape index (κ3) is 6.14. The Kier molecular flexibility index (Phi) is 10.2. The summed E-state index contributed by atoms with van der Waals surface area (Å²) in [6, 6.07) is 13.5. The summed E-state index contributed by atoms with van der Waals surface area (Å²) in [4.78, 5) is 62.5. The molecule has 4 aliphatic heterocycles. The van der Waals surface area contributed by atoms with Crippen LogP contribution in [0.15, 0.2) is 71.2 Å². The number of fused-ring (bicyclic) bond motifs is 2. The zero-order chi connectivity index (χ0) is 35.0. The molecule has 1 spiro atoms. The van der Waals surface area contributed by atoms with Gasteiger partial charge in [0, 0.05) is 43.3 Å². The molecule has 0 aromatic heterocycles. The van der Waals surface area contributed by atoms with E-state index in [0.29, 0.717) is 23.7 Å². The second-order valence-electron chi connectivity index (χ2n) is 13.5. The second kappa shape index (κ2) is 14.2. The molecule has 0 aliphatic carbocycles. The number of cyclic esters (lactones) is 1. The van der Waals surface area contributed by atoms with Gasteiger partial charge in [-0.25, -0.2) is 0 Å². The van der Waals surface area contributed by atoms with E-state index < -0.39 is 47.7 Å². The highest BCUT2D eigenvalue weighted by Gasteiger charge is 2.75. The number of carbonyl (C=O) groups excluding carboxylic acids is 4. The number of halogens is 1. The maximum absolute atomic E-state index is 15.1. The Hall–Kier alpha value is -3.80. The first kappa shape index (κ1) is 35.0. The van der Waals surface area contributed by atoms with Crippen molar-refractivity contribution in [3.63, 3.8) is 0 Å². The summed E-state index contributed by atoms with van der Waals surface area (Å²) >= 11 is 3.63. The number of aliphatic hydroxyl groups excluding tert-OH is 1. The van der Waals surface area contributed by atoms with Crippen molar-refractivity contribution in [2.75, 3.05) is 31.6 Å². The number of anilines is 1. The number of nitrogens with zero attached hydrogens (tertiary/aromatic N) is 3. The van der Waals surface area contributed by atoms with Gasteiger partial charge in [0.1, 0.15) is 29.8 Å². The zero-order valence-electron chi connectivity index (χ0n) is 28.4. The predicted molar refractivity (Wildman–Crippen MR) is 188 cm³/mol. The summed E-state index contributed by atoms with van der Waals surface area (Å²) < 4.78 is 13.6. The molecular formula is C38H44BrN3O7. The van der Waals surface area contributed by atoms with Crippen LogP contribution in [0.4, 0.5) is 5.69 Å². The predicted octanol–water partition coefficient (Wildman–Crippen LogP) is 4.76. The van der Waals surface area contributed by atoms with Crippen LogP contribution >= 0.6 is 15.9 Å². The monoisotopic (exact) mass is 733 g/mol. The van der Waals surface area contributed by atoms with Crippen molar-refractivity contribution in [2.24, 2.45) is 11.8 Å². The van der Waals surface area contributed by atoms with Crippen LogP contribution in [0.25, 0.3) is 0 Å². The Morgan fingerprint density at radius 3 is 2.35 bits per heavy atom. The number of likely N-dealkylation sites (N-methyl/N-ethyl adjacent to an activating group) is 1. The van der Waals surface area contributed by atoms with E-state index in [1.807, 2.05) is 81.5 Å². The Morgan fingerprint density at radius 2 is 1.65 bits per heavy atom. The molecule has 5 bridgehead atoms. The number of unbranched alkanes of at least 4 members (excludes halogenated alkanes) is 1. The van der Waals surface area contributed by atoms with Crippen LogP contribution in [0.3, 0.4) is 0 Å². The van der Waals surface area contributed by atoms with Gasteiger partial charge in [0.2, 0.25) is 11.8 Å². The SMILES string of the molecule is Cc1cccc(C)c1N1C/C=C\CCC(=O)N(C)[C@H](C)[C@@H](c2ccccc2)OC(=O)[C@@H]2[C@H]3O[C@@]4(C=C3Br)[C@H](C1=O)N(CCCCO)C(=O)[C@@H]24. The number of likely N-dealkylation sites (tertiary alicyclic amines) is 1. The fourth-order valence-corrected chi connectivity index (χ4v) is 8.71. The van der Waals surface area contributed by atoms with Crippen LogP contribution in [0, 0.1) is 25.7 Å². The number of para-hydroxylation sites is 1. The second-order valence-corrected chi connectivity index (χ2v) is 14.4. The van der Waals surface area contributed by atoms with Crippen molar-refractivity contribution in [2.45, 2.75) is 76.3 Å². The van der Waals surface area contributed by atoms with E-state index in [1.54, 1.807) is 27.8 Å². The van der Waals surface area contributed by atoms with E-state index in [9.17, 15) is 19.5 Å². The van der Waals surface area contributed by atoms with Gasteiger partial charge < -0.3 is 29.3 Å². The molecule has 1 N–H and O–H groups in total. The molecule has 0 saturated carbocycles. The maximum atomic E-state index is 15.1. The van der Waals surface area contributed by atoms with E-state index in [1.165, 1.54) is 0 Å². The van der Waals surface area contributed by atoms with Crippen LogP contribution < -0.4 is 4.90 Å². The van der Waals surface area contributed by atoms with Crippen molar-refractivity contribution < 1.29 is 33.8 Å². The van der Waals surface area contributed by atoms with Gasteiger partial charge in [0.05, 0.1) is 12.0 Å². The van der Waals surface area contributed by atoms with Crippen LogP contribution in [0.1, 0.15) is 55.4 Å². The average Bonchev–Trinajstić information content (AvgIpc) is 3.68. The first-order chi connectivity index (χ1) is 23.5. The first-order valence-corrected chi connectivity index (χ1v) is 17.8. The fourth-order valence-electron chi connectivity index (χ4n) is 7.97. The molecule has 260 valence electrons. The third-order valence-electron chi connectivity index (χ3n) is 10.5. The van der Waals surface area contributed by atoms with Gasteiger partial charge in [-0.05, 0) is 62.8 Å². The normalized spacial score (nSPS) is 31.2. The van der Waals surface area contributed by atoms with Gasteiger partial charge in [-0.15, -0.1) is 0 Å². The Bertz CT molecular complexity index is 1660. The summed E-state index contributed by atoms with van der Waals surface area (Å²) in [6.07, 6.45) is 5.55. The number of benzene rings is 2. The van der Waals surface area contributed by atoms with Gasteiger partial charge in [-0.3, -0.25) is 19.2 Å². The van der Waals surface area contributed by atoms with E-state index in [4.69, 9.17) is 9.47 Å². The minimum atomic E-state index is -1.42. The lowest BCUT2D eigenvalue weighted by molar-refractivity contribution is -0.164. The highest BCUT2D eigenvalue weighted by Crippen LogP contribution is 2.59. The molecule has 11 heteroatoms. The van der Waals surface area contributed by atoms with Gasteiger partial charge in [0.15, 0.2) is 0 Å². The molecule has 2 aromatic rings. The lowest BCUT2D eigenvalue weighted by atomic mass is 9.74. The quantitative estimate of drug-likeness (QED) is 0.259. The van der Waals surface area contributed by atoms with Crippen molar-refractivity contribution in [1.82, 2.24) is 9.80 Å². The minimum absolute atomic E-state index is 0.0521. The number of ether oxygens (including phenoxy) is 2. The van der Waals surface area contributed by atoms with Gasteiger partial charge in [-0.2, -0.15) is 0 Å². The van der Waals surface area contributed by atoms with Crippen LogP contribution in [-0.4, -0.2) is 89.1 Å². The average molecular weight is 735 g/mol. The van der Waals surface area contributed by atoms with E-state index in [2.05, 4.69) is 15.9 Å². The molecule has 10 nitrogen and oxygen atoms in total. The van der Waals surface area contributed by atoms with Gasteiger partial charge >= 0.3 is 5.97 Å². The zero-order valence-corrected chi connectivity index (χ0v) is 30.0. The molecule has 0 unspecified atom stereocenters. The number of carbonyl (C=O) groups is 4. The molecule has 2 fully saturated rings. The fraction of sp³-hybridized carbons (Fsp3) is 0.474. The number of hydrogen-bond acceptors (Lipinski definition) is 7. The molecule has 49 heavy (non-hydrogen) atoms. The van der Waals surface area contributed by atoms with Crippen molar-refractivity contribution >= 4 is 45.3 Å². The highest BCUT2D eigenvalue weighted by molar-refractivity contribution is 9.11. The first-order valence-electron chi connectivity index (χ1n) is 17.0. The smallest absolute Gasteiger partial charge is 0.313 e. The maximum Gasteiger partial charge on any atom is 0.313 e. The number of allylic oxidation sites excluding steroid dienone is 1. The standard InChI is InChI=1S/C38H44BrN3O7/c1-23-14-13-15-24(2)31(23)41-19-10-6-9-18-28(44)40(4)25(3)32(26-16-7-5-8-17-26)48-37(47)29-30-35(45)42(20-11-12-21-43)34(36(41)46)38(30)22-27(39)33(29)49-38/h5-8,10,13-17,22,25,29-30,32-34,43H,9,11-12,18-21H2,1-4H3/b10-6-/t25-,29+,30-,32+,33+,34+,38-/m1/s1. The topological polar surface area (TPSA) is 117 Å². The van der Waals surface area contributed by atoms with E-state index >= 15 is 4.79 Å². The summed E-state index contributed by atoms with van der Waals surface area (Å²) in [5.41, 5.74) is 1.82. The van der Waals surface area contributed by atoms with Crippen molar-refractivity contribution in [3.05, 3.63) is 87.9 Å². The molecule has 0 radical (unpaired) electrons. The Morgan fingerprint density at radius 1 is 0.939 bits per heavy atom. The number of rotatable bonds is 6. The number of aryl methyl sites for hydroxylation is 2. The molecule has 4 aliphatic rings. The number of hydrogen-bond donors (Lipinski definition) is 1. The molecule has 4 heterocycles. The van der Waals surface area contributed by atoms with Gasteiger partial charge in [-0.1, -0.05) is 76.6 Å². The highest BCUT2D eigenvalue weighted by atomic mass is 79.9. The lowest BCUT2D eigenvalue weighted by Crippen LogP contribution is -2.56. The molecule has 6 rings (SSSR count). The van der Waals surface area contributed by atoms with E-state index in [0.717, 1.165) is 22.4 Å². The third-order valence-corrected chi connectivity index (χ3v) is 11.2. The number of amides is 3. The summed E-state index contributed by atoms with van der Waals surface area (Å²) in [5, 5.41) is 9.58. The van der Waals surface area contributed by atoms with E-state index in [-0.39, 0.29) is 43.8 Å². The summed E-state index contributed by atoms with van der Waals surface area (Å²) in [5.74, 6) is -3.46. The van der Waals surface area contributed by atoms with Crippen LogP contribution in [0.2, 0.25) is 0 Å². The van der Waals surface area contributed by atoms with Crippen molar-refractivity contribution in [1.29, 1.82) is 0 Å². The Balaban J connectivity index is 1.49. The summed E-state index contributed by atoms with van der Waals surface area (Å²) in [6.45, 7) is 6.10. The molecule has 7 atom stereocenters. The minimum Gasteiger partial charge on any atom is -0.455 e. The largest absolute Gasteiger partial charge is 0.455 e. The molecule has 3 amide bonds. The number of aliphatic hydroxyl groups is 1. The molecule has 2 aromatic carbocycles. The number of esters is 1. The van der Waals surface area contributed by atoms with Crippen molar-refractivity contribution in [3.8, 4) is 0 Å². The summed E-state index contributed by atoms with van der Waals surface area (Å²) in [7, 11) is 1.71. The van der Waals surface area contributed by atoms with Crippen LogP contribution in [0.5, 0.6) is 0 Å². The Labute approximate surface area is 295 Å². The molecule has 2 saturated heterocycles. The van der Waals surface area contributed by atoms with Crippen LogP contribution in [-0.2, 0) is 28.7 Å². The molecular weight excluding hydrogens is 690 g/mol. The van der Waals surface area contributed by atoms with Gasteiger partial charge in [0.25, 0.3) is 5.91 Å². The lowest BCUT2D eigenvalue weighted by Gasteiger charge is -2.36.